The summed E-state index contributed by atoms with van der Waals surface area (Å²) in [5.74, 6) is -1.17. The second-order valence-corrected chi connectivity index (χ2v) is 7.56. The first-order valence-corrected chi connectivity index (χ1v) is 10.4. The summed E-state index contributed by atoms with van der Waals surface area (Å²) in [5, 5.41) is 9.71. The zero-order chi connectivity index (χ0) is 23.4. The van der Waals surface area contributed by atoms with Crippen LogP contribution in [0.25, 0.3) is 11.4 Å². The highest BCUT2D eigenvalue weighted by molar-refractivity contribution is 5.97. The van der Waals surface area contributed by atoms with Gasteiger partial charge in [0.15, 0.2) is 11.6 Å². The average molecular weight is 455 g/mol. The minimum Gasteiger partial charge on any atom is -0.496 e. The Morgan fingerprint density at radius 3 is 2.91 bits per heavy atom. The van der Waals surface area contributed by atoms with Gasteiger partial charge in [-0.15, -0.1) is 0 Å². The molecule has 1 fully saturated rings. The Hall–Kier alpha value is -3.43. The number of anilines is 1. The zero-order valence-electron chi connectivity index (χ0n) is 18.0. The maximum atomic E-state index is 14.5. The number of benzene rings is 2. The van der Waals surface area contributed by atoms with E-state index in [1.165, 1.54) is 43.6 Å². The largest absolute Gasteiger partial charge is 0.496 e. The molecule has 3 aromatic rings. The molecular weight excluding hydrogens is 432 g/mol. The molecule has 0 saturated carbocycles. The lowest BCUT2D eigenvalue weighted by molar-refractivity contribution is 0.0726. The van der Waals surface area contributed by atoms with Gasteiger partial charge in [-0.25, -0.2) is 18.7 Å². The predicted octanol–water partition coefficient (Wildman–Crippen LogP) is 3.05. The van der Waals surface area contributed by atoms with Crippen LogP contribution in [0.2, 0.25) is 0 Å². The number of carbonyl (C=O) groups is 1. The number of hydrogen-bond acceptors (Lipinski definition) is 7. The summed E-state index contributed by atoms with van der Waals surface area (Å²) in [6, 6.07) is 9.70. The maximum absolute atomic E-state index is 14.5. The van der Waals surface area contributed by atoms with E-state index in [1.807, 2.05) is 4.90 Å². The second-order valence-electron chi connectivity index (χ2n) is 7.56. The molecule has 0 aliphatic carbocycles. The van der Waals surface area contributed by atoms with Crippen molar-refractivity contribution < 1.29 is 28.2 Å². The van der Waals surface area contributed by atoms with Crippen LogP contribution in [-0.2, 0) is 11.2 Å². The molecule has 172 valence electrons. The maximum Gasteiger partial charge on any atom is 0.185 e. The first-order chi connectivity index (χ1) is 16.0. The van der Waals surface area contributed by atoms with E-state index in [2.05, 4.69) is 9.97 Å². The first kappa shape index (κ1) is 22.8. The lowest BCUT2D eigenvalue weighted by atomic mass is 10.0. The van der Waals surface area contributed by atoms with Crippen molar-refractivity contribution in [1.82, 2.24) is 9.97 Å². The first-order valence-electron chi connectivity index (χ1n) is 10.4. The van der Waals surface area contributed by atoms with Gasteiger partial charge in [0.25, 0.3) is 0 Å². The van der Waals surface area contributed by atoms with Crippen molar-refractivity contribution >= 4 is 11.5 Å². The molecule has 9 heteroatoms. The smallest absolute Gasteiger partial charge is 0.185 e. The van der Waals surface area contributed by atoms with Gasteiger partial charge in [0, 0.05) is 24.8 Å². The van der Waals surface area contributed by atoms with Crippen molar-refractivity contribution in [3.63, 3.8) is 0 Å². The SMILES string of the molecule is COc1cccc(F)c1-c1nccc(C(=O)Cc2cc(F)ccc2N2CCOCC2CO)n1. The Morgan fingerprint density at radius 1 is 1.27 bits per heavy atom. The number of carbonyl (C=O) groups excluding carboxylic acids is 1. The van der Waals surface area contributed by atoms with Crippen LogP contribution in [0.4, 0.5) is 14.5 Å². The fraction of sp³-hybridized carbons (Fsp3) is 0.292. The Balaban J connectivity index is 1.65. The number of halogens is 2. The molecule has 0 bridgehead atoms. The third-order valence-electron chi connectivity index (χ3n) is 5.50. The molecule has 7 nitrogen and oxygen atoms in total. The second kappa shape index (κ2) is 10.0. The summed E-state index contributed by atoms with van der Waals surface area (Å²) >= 11 is 0. The number of Topliss-reactive ketones (excluding diaryl/α,β-unsaturated/α-hetero) is 1. The van der Waals surface area contributed by atoms with Crippen LogP contribution in [0.1, 0.15) is 16.1 Å². The summed E-state index contributed by atoms with van der Waals surface area (Å²) < 4.78 is 39.2. The highest BCUT2D eigenvalue weighted by atomic mass is 19.1. The average Bonchev–Trinajstić information content (AvgIpc) is 2.84. The van der Waals surface area contributed by atoms with E-state index in [0.29, 0.717) is 31.0 Å². The van der Waals surface area contributed by atoms with E-state index in [1.54, 1.807) is 12.1 Å². The number of rotatable bonds is 7. The predicted molar refractivity (Wildman–Crippen MR) is 117 cm³/mol. The van der Waals surface area contributed by atoms with Crippen LogP contribution in [0, 0.1) is 11.6 Å². The highest BCUT2D eigenvalue weighted by Crippen LogP contribution is 2.30. The van der Waals surface area contributed by atoms with Gasteiger partial charge in [-0.1, -0.05) is 6.07 Å². The number of aromatic nitrogens is 2. The number of aliphatic hydroxyl groups excluding tert-OH is 1. The van der Waals surface area contributed by atoms with E-state index in [9.17, 15) is 18.7 Å². The lowest BCUT2D eigenvalue weighted by Gasteiger charge is -2.37. The van der Waals surface area contributed by atoms with Gasteiger partial charge in [-0.05, 0) is 42.0 Å². The third kappa shape index (κ3) is 4.84. The molecular formula is C24H23F2N3O4. The van der Waals surface area contributed by atoms with Crippen LogP contribution < -0.4 is 9.64 Å². The van der Waals surface area contributed by atoms with Crippen LogP contribution >= 0.6 is 0 Å². The fourth-order valence-electron chi connectivity index (χ4n) is 3.89. The van der Waals surface area contributed by atoms with Crippen molar-refractivity contribution in [1.29, 1.82) is 0 Å². The van der Waals surface area contributed by atoms with E-state index < -0.39 is 11.6 Å². The minimum atomic E-state index is -0.575. The molecule has 2 heterocycles. The van der Waals surface area contributed by atoms with Crippen LogP contribution in [0.5, 0.6) is 5.75 Å². The summed E-state index contributed by atoms with van der Waals surface area (Å²) in [6.45, 7) is 1.16. The Morgan fingerprint density at radius 2 is 2.12 bits per heavy atom. The molecule has 1 aliphatic rings. The molecule has 4 rings (SSSR count). The molecule has 1 atom stereocenters. The van der Waals surface area contributed by atoms with Crippen molar-refractivity contribution in [3.05, 3.63) is 71.6 Å². The number of ketones is 1. The molecule has 1 unspecified atom stereocenters. The van der Waals surface area contributed by atoms with Crippen LogP contribution in [0.3, 0.4) is 0 Å². The number of ether oxygens (including phenoxy) is 2. The molecule has 1 aromatic heterocycles. The number of methoxy groups -OCH3 is 1. The van der Waals surface area contributed by atoms with Crippen molar-refractivity contribution in [2.45, 2.75) is 12.5 Å². The van der Waals surface area contributed by atoms with Crippen molar-refractivity contribution in [2.75, 3.05) is 38.4 Å². The number of hydrogen-bond donors (Lipinski definition) is 1. The van der Waals surface area contributed by atoms with Crippen molar-refractivity contribution in [3.8, 4) is 17.1 Å². The standard InChI is InChI=1S/C24H23F2N3O4/c1-32-22-4-2-3-18(26)23(22)24-27-8-7-19(28-24)21(31)12-15-11-16(25)5-6-20(15)29-9-10-33-14-17(29)13-30/h2-8,11,17,30H,9-10,12-14H2,1H3. The zero-order valence-corrected chi connectivity index (χ0v) is 18.0. The minimum absolute atomic E-state index is 0.0174. The normalized spacial score (nSPS) is 16.0. The molecule has 1 saturated heterocycles. The molecule has 0 spiro atoms. The molecule has 1 aliphatic heterocycles. The number of nitrogens with zero attached hydrogens (tertiary/aromatic N) is 3. The van der Waals surface area contributed by atoms with Gasteiger partial charge >= 0.3 is 0 Å². The van der Waals surface area contributed by atoms with Crippen molar-refractivity contribution in [2.24, 2.45) is 0 Å². The Kier molecular flexibility index (Phi) is 6.90. The molecule has 1 N–H and O–H groups in total. The van der Waals surface area contributed by atoms with Crippen LogP contribution in [0.15, 0.2) is 48.7 Å². The summed E-state index contributed by atoms with van der Waals surface area (Å²) in [7, 11) is 1.41. The van der Waals surface area contributed by atoms with E-state index in [4.69, 9.17) is 9.47 Å². The van der Waals surface area contributed by atoms with Gasteiger partial charge in [0.05, 0.1) is 38.5 Å². The fourth-order valence-corrected chi connectivity index (χ4v) is 3.89. The monoisotopic (exact) mass is 455 g/mol. The Labute approximate surface area is 189 Å². The summed E-state index contributed by atoms with van der Waals surface area (Å²) in [5.41, 5.74) is 1.24. The van der Waals surface area contributed by atoms with Gasteiger partial charge in [0.2, 0.25) is 0 Å². The lowest BCUT2D eigenvalue weighted by Crippen LogP contribution is -2.48. The van der Waals surface area contributed by atoms with Gasteiger partial charge in [-0.3, -0.25) is 4.79 Å². The Bertz CT molecular complexity index is 1160. The molecule has 0 radical (unpaired) electrons. The van der Waals surface area contributed by atoms with Gasteiger partial charge < -0.3 is 19.5 Å². The van der Waals surface area contributed by atoms with E-state index in [-0.39, 0.29) is 47.7 Å². The molecule has 2 aromatic carbocycles. The van der Waals surface area contributed by atoms with E-state index >= 15 is 0 Å². The van der Waals surface area contributed by atoms with Crippen LogP contribution in [-0.4, -0.2) is 60.4 Å². The van der Waals surface area contributed by atoms with Gasteiger partial charge in [-0.2, -0.15) is 0 Å². The summed E-state index contributed by atoms with van der Waals surface area (Å²) in [6.07, 6.45) is 1.24. The molecule has 0 amide bonds. The highest BCUT2D eigenvalue weighted by Gasteiger charge is 2.26. The third-order valence-corrected chi connectivity index (χ3v) is 5.50. The quantitative estimate of drug-likeness (QED) is 0.548. The number of morpholine rings is 1. The van der Waals surface area contributed by atoms with E-state index in [0.717, 1.165) is 0 Å². The topological polar surface area (TPSA) is 84.8 Å². The summed E-state index contributed by atoms with van der Waals surface area (Å²) in [4.78, 5) is 23.4. The number of aliphatic hydroxyl groups is 1. The van der Waals surface area contributed by atoms with Gasteiger partial charge in [0.1, 0.15) is 23.1 Å². The molecule has 33 heavy (non-hydrogen) atoms.